The van der Waals surface area contributed by atoms with E-state index in [4.69, 9.17) is 9.47 Å². The molecule has 0 radical (unpaired) electrons. The van der Waals surface area contributed by atoms with Crippen LogP contribution >= 0.6 is 0 Å². The third kappa shape index (κ3) is 3.45. The number of morpholine rings is 1. The van der Waals surface area contributed by atoms with E-state index in [-0.39, 0.29) is 11.8 Å². The zero-order chi connectivity index (χ0) is 17.9. The Labute approximate surface area is 152 Å². The van der Waals surface area contributed by atoms with Crippen LogP contribution in [0, 0.1) is 0 Å². The third-order valence-electron chi connectivity index (χ3n) is 5.17. The number of carbonyl (C=O) groups is 1. The first-order chi connectivity index (χ1) is 12.7. The lowest BCUT2D eigenvalue weighted by Gasteiger charge is -2.34. The Kier molecular flexibility index (Phi) is 4.90. The van der Waals surface area contributed by atoms with Crippen molar-refractivity contribution in [1.29, 1.82) is 0 Å². The average Bonchev–Trinajstić information content (AvgIpc) is 3.17. The van der Waals surface area contributed by atoms with Gasteiger partial charge in [-0.15, -0.1) is 0 Å². The van der Waals surface area contributed by atoms with Gasteiger partial charge in [-0.1, -0.05) is 12.1 Å². The quantitative estimate of drug-likeness (QED) is 0.892. The molecular weight excluding hydrogens is 332 g/mol. The molecule has 0 aliphatic carbocycles. The first-order valence-corrected chi connectivity index (χ1v) is 8.98. The van der Waals surface area contributed by atoms with E-state index in [0.717, 1.165) is 35.8 Å². The van der Waals surface area contributed by atoms with Crippen LogP contribution in [0.3, 0.4) is 0 Å². The Balaban J connectivity index is 1.52. The van der Waals surface area contributed by atoms with Gasteiger partial charge in [0.2, 0.25) is 5.91 Å². The molecule has 7 heteroatoms. The monoisotopic (exact) mass is 356 g/mol. The number of fused-ring (bicyclic) bond motifs is 1. The lowest BCUT2D eigenvalue weighted by molar-refractivity contribution is -0.134. The highest BCUT2D eigenvalue weighted by Crippen LogP contribution is 2.32. The Bertz CT molecular complexity index is 752. The van der Waals surface area contributed by atoms with Crippen molar-refractivity contribution in [2.24, 2.45) is 0 Å². The minimum atomic E-state index is 0.0737. The average molecular weight is 356 g/mol. The molecule has 1 atom stereocenters. The van der Waals surface area contributed by atoms with Gasteiger partial charge in [0.05, 0.1) is 51.1 Å². The molecule has 2 aromatic rings. The first-order valence-electron chi connectivity index (χ1n) is 8.98. The SMILES string of the molecule is COc1ccc(C2CN(C(=O)CN3CCOCC3)Cc3[nH]cnc32)cc1. The van der Waals surface area contributed by atoms with Crippen molar-refractivity contribution in [1.82, 2.24) is 19.8 Å². The van der Waals surface area contributed by atoms with E-state index >= 15 is 0 Å². The van der Waals surface area contributed by atoms with E-state index in [1.807, 2.05) is 17.0 Å². The van der Waals surface area contributed by atoms with Gasteiger partial charge in [0.1, 0.15) is 5.75 Å². The molecular formula is C19H24N4O3. The van der Waals surface area contributed by atoms with Crippen LogP contribution in [0.2, 0.25) is 0 Å². The summed E-state index contributed by atoms with van der Waals surface area (Å²) < 4.78 is 10.6. The molecule has 4 rings (SSSR count). The summed E-state index contributed by atoms with van der Waals surface area (Å²) in [6.45, 7) is 4.72. The summed E-state index contributed by atoms with van der Waals surface area (Å²) in [6, 6.07) is 8.02. The van der Waals surface area contributed by atoms with Gasteiger partial charge in [-0.2, -0.15) is 0 Å². The molecule has 26 heavy (non-hydrogen) atoms. The van der Waals surface area contributed by atoms with E-state index < -0.39 is 0 Å². The number of aromatic nitrogens is 2. The van der Waals surface area contributed by atoms with Crippen LogP contribution in [0.4, 0.5) is 0 Å². The highest BCUT2D eigenvalue weighted by molar-refractivity contribution is 5.78. The predicted molar refractivity (Wildman–Crippen MR) is 96.1 cm³/mol. The number of benzene rings is 1. The van der Waals surface area contributed by atoms with E-state index in [2.05, 4.69) is 27.0 Å². The molecule has 2 aliphatic rings. The lowest BCUT2D eigenvalue weighted by Crippen LogP contribution is -2.47. The number of hydrogen-bond donors (Lipinski definition) is 1. The smallest absolute Gasteiger partial charge is 0.237 e. The number of carbonyl (C=O) groups excluding carboxylic acids is 1. The van der Waals surface area contributed by atoms with Crippen LogP contribution in [-0.2, 0) is 16.1 Å². The molecule has 0 saturated carbocycles. The van der Waals surface area contributed by atoms with Crippen molar-refractivity contribution in [2.75, 3.05) is 46.5 Å². The molecule has 1 unspecified atom stereocenters. The third-order valence-corrected chi connectivity index (χ3v) is 5.17. The summed E-state index contributed by atoms with van der Waals surface area (Å²) in [5.74, 6) is 1.06. The summed E-state index contributed by atoms with van der Waals surface area (Å²) >= 11 is 0. The van der Waals surface area contributed by atoms with E-state index in [1.165, 1.54) is 0 Å². The van der Waals surface area contributed by atoms with Crippen LogP contribution < -0.4 is 4.74 Å². The second kappa shape index (κ2) is 7.47. The number of rotatable bonds is 4. The molecule has 1 aromatic carbocycles. The van der Waals surface area contributed by atoms with Gasteiger partial charge in [-0.3, -0.25) is 9.69 Å². The van der Waals surface area contributed by atoms with E-state index in [1.54, 1.807) is 13.4 Å². The predicted octanol–water partition coefficient (Wildman–Crippen LogP) is 1.22. The van der Waals surface area contributed by atoms with E-state index in [9.17, 15) is 4.79 Å². The number of imidazole rings is 1. The van der Waals surface area contributed by atoms with Crippen molar-refractivity contribution in [3.63, 3.8) is 0 Å². The molecule has 3 heterocycles. The van der Waals surface area contributed by atoms with E-state index in [0.29, 0.717) is 32.8 Å². The zero-order valence-corrected chi connectivity index (χ0v) is 15.0. The minimum Gasteiger partial charge on any atom is -0.497 e. The summed E-state index contributed by atoms with van der Waals surface area (Å²) in [5.41, 5.74) is 3.20. The molecule has 1 fully saturated rings. The number of hydrogen-bond acceptors (Lipinski definition) is 5. The molecule has 2 aliphatic heterocycles. The van der Waals surface area contributed by atoms with Gasteiger partial charge in [-0.05, 0) is 17.7 Å². The van der Waals surface area contributed by atoms with Crippen LogP contribution in [-0.4, -0.2) is 72.2 Å². The highest BCUT2D eigenvalue weighted by atomic mass is 16.5. The van der Waals surface area contributed by atoms with Crippen molar-refractivity contribution in [3.05, 3.63) is 47.5 Å². The van der Waals surface area contributed by atoms with Crippen molar-refractivity contribution in [2.45, 2.75) is 12.5 Å². The standard InChI is InChI=1S/C19H24N4O3/c1-25-15-4-2-14(3-5-15)16-10-23(11-17-19(16)21-13-20-17)18(24)12-22-6-8-26-9-7-22/h2-5,13,16H,6-12H2,1H3,(H,20,21). The number of nitrogens with zero attached hydrogens (tertiary/aromatic N) is 3. The summed E-state index contributed by atoms with van der Waals surface area (Å²) in [5, 5.41) is 0. The summed E-state index contributed by atoms with van der Waals surface area (Å²) in [7, 11) is 1.66. The maximum Gasteiger partial charge on any atom is 0.237 e. The van der Waals surface area contributed by atoms with Gasteiger partial charge >= 0.3 is 0 Å². The van der Waals surface area contributed by atoms with Crippen LogP contribution in [0.1, 0.15) is 22.9 Å². The molecule has 138 valence electrons. The Morgan fingerprint density at radius 3 is 2.81 bits per heavy atom. The van der Waals surface area contributed by atoms with Crippen LogP contribution in [0.25, 0.3) is 0 Å². The van der Waals surface area contributed by atoms with Gasteiger partial charge in [0.15, 0.2) is 0 Å². The second-order valence-corrected chi connectivity index (χ2v) is 6.75. The number of nitrogens with one attached hydrogen (secondary N) is 1. The fourth-order valence-corrected chi connectivity index (χ4v) is 3.66. The van der Waals surface area contributed by atoms with Crippen molar-refractivity contribution < 1.29 is 14.3 Å². The van der Waals surface area contributed by atoms with Gasteiger partial charge < -0.3 is 19.4 Å². The molecule has 7 nitrogen and oxygen atoms in total. The Morgan fingerprint density at radius 2 is 2.08 bits per heavy atom. The molecule has 0 bridgehead atoms. The highest BCUT2D eigenvalue weighted by Gasteiger charge is 2.32. The number of aromatic amines is 1. The van der Waals surface area contributed by atoms with Gasteiger partial charge in [0, 0.05) is 25.6 Å². The Hall–Kier alpha value is -2.38. The topological polar surface area (TPSA) is 70.7 Å². The fourth-order valence-electron chi connectivity index (χ4n) is 3.66. The molecule has 1 N–H and O–H groups in total. The van der Waals surface area contributed by atoms with Crippen LogP contribution in [0.15, 0.2) is 30.6 Å². The normalized spacial score (nSPS) is 20.7. The summed E-state index contributed by atoms with van der Waals surface area (Å²) in [4.78, 5) is 24.7. The van der Waals surface area contributed by atoms with Crippen molar-refractivity contribution >= 4 is 5.91 Å². The number of amides is 1. The van der Waals surface area contributed by atoms with Crippen LogP contribution in [0.5, 0.6) is 5.75 Å². The number of H-pyrrole nitrogens is 1. The molecule has 1 aromatic heterocycles. The first kappa shape index (κ1) is 17.1. The Morgan fingerprint density at radius 1 is 1.31 bits per heavy atom. The molecule has 1 saturated heterocycles. The molecule has 0 spiro atoms. The van der Waals surface area contributed by atoms with Gasteiger partial charge in [0.25, 0.3) is 0 Å². The largest absolute Gasteiger partial charge is 0.497 e. The van der Waals surface area contributed by atoms with Gasteiger partial charge in [-0.25, -0.2) is 4.98 Å². The maximum atomic E-state index is 12.9. The summed E-state index contributed by atoms with van der Waals surface area (Å²) in [6.07, 6.45) is 1.72. The molecule has 1 amide bonds. The zero-order valence-electron chi connectivity index (χ0n) is 15.0. The second-order valence-electron chi connectivity index (χ2n) is 6.75. The van der Waals surface area contributed by atoms with Crippen molar-refractivity contribution in [3.8, 4) is 5.75 Å². The maximum absolute atomic E-state index is 12.9. The lowest BCUT2D eigenvalue weighted by atomic mass is 9.91. The minimum absolute atomic E-state index is 0.0737. The fraction of sp³-hybridized carbons (Fsp3) is 0.474. The number of ether oxygens (including phenoxy) is 2. The number of methoxy groups -OCH3 is 1.